The predicted octanol–water partition coefficient (Wildman–Crippen LogP) is 5.25. The summed E-state index contributed by atoms with van der Waals surface area (Å²) in [5.74, 6) is 0.00942. The molecule has 2 aromatic carbocycles. The van der Waals surface area contributed by atoms with Crippen LogP contribution in [-0.4, -0.2) is 67.1 Å². The Morgan fingerprint density at radius 3 is 2.76 bits per heavy atom. The topological polar surface area (TPSA) is 69.7 Å². The lowest BCUT2D eigenvalue weighted by atomic mass is 10.1. The Bertz CT molecular complexity index is 1170. The molecule has 1 atom stereocenters. The number of hydrogen-bond acceptors (Lipinski definition) is 6. The molecule has 1 aromatic heterocycles. The molecule has 2 amide bonds. The van der Waals surface area contributed by atoms with Gasteiger partial charge in [0.1, 0.15) is 17.7 Å². The first-order valence-corrected chi connectivity index (χ1v) is 12.5. The van der Waals surface area contributed by atoms with E-state index in [1.807, 2.05) is 6.07 Å². The third-order valence-corrected chi connectivity index (χ3v) is 7.34. The molecule has 1 fully saturated rings. The minimum atomic E-state index is -0.565. The van der Waals surface area contributed by atoms with Crippen LogP contribution in [0.15, 0.2) is 30.3 Å². The second kappa shape index (κ2) is 11.0. The van der Waals surface area contributed by atoms with Crippen molar-refractivity contribution in [2.24, 2.45) is 0 Å². The highest BCUT2D eigenvalue weighted by atomic mass is 35.5. The van der Waals surface area contributed by atoms with Gasteiger partial charge < -0.3 is 15.0 Å². The van der Waals surface area contributed by atoms with Gasteiger partial charge in [0.25, 0.3) is 0 Å². The van der Waals surface area contributed by atoms with E-state index >= 15 is 0 Å². The number of benzene rings is 2. The predicted molar refractivity (Wildman–Crippen MR) is 136 cm³/mol. The molecule has 3 aromatic rings. The SMILES string of the molecule is CC(Oc1ccc2nc(NC(=O)NCCN3CCN(C)CC3)sc2c1)c1c(Cl)ccc(F)c1Cl. The monoisotopic (exact) mass is 525 g/mol. The summed E-state index contributed by atoms with van der Waals surface area (Å²) in [5, 5.41) is 6.46. The van der Waals surface area contributed by atoms with Gasteiger partial charge in [-0.15, -0.1) is 0 Å². The molecule has 1 aliphatic rings. The van der Waals surface area contributed by atoms with Crippen molar-refractivity contribution in [2.75, 3.05) is 51.6 Å². The van der Waals surface area contributed by atoms with E-state index in [9.17, 15) is 9.18 Å². The highest BCUT2D eigenvalue weighted by Crippen LogP contribution is 2.36. The van der Waals surface area contributed by atoms with E-state index < -0.39 is 11.9 Å². The fourth-order valence-corrected chi connectivity index (χ4v) is 5.32. The lowest BCUT2D eigenvalue weighted by Gasteiger charge is -2.32. The van der Waals surface area contributed by atoms with Crippen molar-refractivity contribution in [3.05, 3.63) is 51.8 Å². The number of urea groups is 1. The minimum Gasteiger partial charge on any atom is -0.486 e. The van der Waals surface area contributed by atoms with Gasteiger partial charge in [-0.1, -0.05) is 34.5 Å². The Morgan fingerprint density at radius 2 is 2.00 bits per heavy atom. The molecule has 0 radical (unpaired) electrons. The van der Waals surface area contributed by atoms with Gasteiger partial charge in [-0.3, -0.25) is 10.2 Å². The van der Waals surface area contributed by atoms with Crippen LogP contribution in [0.2, 0.25) is 10.0 Å². The molecule has 0 spiro atoms. The van der Waals surface area contributed by atoms with E-state index in [2.05, 4.69) is 32.5 Å². The number of likely N-dealkylation sites (N-methyl/N-ethyl adjacent to an activating group) is 1. The van der Waals surface area contributed by atoms with E-state index in [1.165, 1.54) is 23.5 Å². The Morgan fingerprint density at radius 1 is 1.24 bits per heavy atom. The summed E-state index contributed by atoms with van der Waals surface area (Å²) in [4.78, 5) is 21.4. The maximum Gasteiger partial charge on any atom is 0.321 e. The van der Waals surface area contributed by atoms with Gasteiger partial charge >= 0.3 is 6.03 Å². The number of fused-ring (bicyclic) bond motifs is 1. The van der Waals surface area contributed by atoms with E-state index in [-0.39, 0.29) is 11.1 Å². The van der Waals surface area contributed by atoms with E-state index in [1.54, 1.807) is 19.1 Å². The molecule has 0 aliphatic carbocycles. The fraction of sp³-hybridized carbons (Fsp3) is 0.391. The smallest absolute Gasteiger partial charge is 0.321 e. The van der Waals surface area contributed by atoms with Crippen molar-refractivity contribution in [2.45, 2.75) is 13.0 Å². The molecule has 0 bridgehead atoms. The average Bonchev–Trinajstić information content (AvgIpc) is 3.19. The molecule has 2 heterocycles. The number of ether oxygens (including phenoxy) is 1. The van der Waals surface area contributed by atoms with Crippen LogP contribution in [0.5, 0.6) is 5.75 Å². The third-order valence-electron chi connectivity index (χ3n) is 5.69. The molecule has 2 N–H and O–H groups in total. The molecule has 0 saturated carbocycles. The number of amides is 2. The summed E-state index contributed by atoms with van der Waals surface area (Å²) in [6, 6.07) is 7.79. The minimum absolute atomic E-state index is 0.0519. The molecule has 34 heavy (non-hydrogen) atoms. The lowest BCUT2D eigenvalue weighted by molar-refractivity contribution is 0.155. The number of hydrogen-bond donors (Lipinski definition) is 2. The summed E-state index contributed by atoms with van der Waals surface area (Å²) in [6.07, 6.45) is -0.565. The van der Waals surface area contributed by atoms with Crippen LogP contribution >= 0.6 is 34.5 Å². The number of halogens is 3. The standard InChI is InChI=1S/C23H26Cl2FN5O2S/c1-14(20-16(24)4-5-17(26)21(20)25)33-15-3-6-18-19(13-15)34-23(28-18)29-22(32)27-7-8-31-11-9-30(2)10-12-31/h3-6,13-14H,7-12H2,1-2H3,(H2,27,28,29,32). The average molecular weight is 526 g/mol. The Hall–Kier alpha value is -2.17. The molecular formula is C23H26Cl2FN5O2S. The largest absolute Gasteiger partial charge is 0.486 e. The van der Waals surface area contributed by atoms with Gasteiger partial charge in [-0.2, -0.15) is 0 Å². The van der Waals surface area contributed by atoms with Gasteiger partial charge in [0.15, 0.2) is 5.13 Å². The highest BCUT2D eigenvalue weighted by molar-refractivity contribution is 7.22. The van der Waals surface area contributed by atoms with Gasteiger partial charge in [0, 0.05) is 49.9 Å². The number of thiazole rings is 1. The number of aromatic nitrogens is 1. The van der Waals surface area contributed by atoms with Crippen molar-refractivity contribution in [3.8, 4) is 5.75 Å². The molecule has 4 rings (SSSR count). The maximum atomic E-state index is 13.9. The Labute approximate surface area is 211 Å². The van der Waals surface area contributed by atoms with Crippen LogP contribution in [0, 0.1) is 5.82 Å². The van der Waals surface area contributed by atoms with Crippen LogP contribution in [-0.2, 0) is 0 Å². The first-order chi connectivity index (χ1) is 16.3. The number of piperazine rings is 1. The zero-order valence-corrected chi connectivity index (χ0v) is 21.2. The summed E-state index contributed by atoms with van der Waals surface area (Å²) in [7, 11) is 2.12. The lowest BCUT2D eigenvalue weighted by Crippen LogP contribution is -2.47. The molecule has 11 heteroatoms. The maximum absolute atomic E-state index is 13.9. The zero-order chi connectivity index (χ0) is 24.2. The zero-order valence-electron chi connectivity index (χ0n) is 18.9. The van der Waals surface area contributed by atoms with Gasteiger partial charge in [-0.05, 0) is 44.3 Å². The van der Waals surface area contributed by atoms with Crippen LogP contribution in [0.1, 0.15) is 18.6 Å². The van der Waals surface area contributed by atoms with Crippen LogP contribution < -0.4 is 15.4 Å². The molecular weight excluding hydrogens is 500 g/mol. The van der Waals surface area contributed by atoms with Crippen LogP contribution in [0.4, 0.5) is 14.3 Å². The Kier molecular flexibility index (Phi) is 8.10. The number of rotatable bonds is 7. The quantitative estimate of drug-likeness (QED) is 0.412. The number of carbonyl (C=O) groups is 1. The summed E-state index contributed by atoms with van der Waals surface area (Å²) in [6.45, 7) is 7.26. The van der Waals surface area contributed by atoms with Crippen molar-refractivity contribution in [1.82, 2.24) is 20.1 Å². The van der Waals surface area contributed by atoms with Gasteiger partial charge in [0.2, 0.25) is 0 Å². The number of nitrogens with one attached hydrogen (secondary N) is 2. The van der Waals surface area contributed by atoms with Crippen molar-refractivity contribution < 1.29 is 13.9 Å². The summed E-state index contributed by atoms with van der Waals surface area (Å²) < 4.78 is 20.7. The molecule has 1 aliphatic heterocycles. The van der Waals surface area contributed by atoms with E-state index in [4.69, 9.17) is 27.9 Å². The fourth-order valence-electron chi connectivity index (χ4n) is 3.75. The number of nitrogens with zero attached hydrogens (tertiary/aromatic N) is 3. The number of carbonyl (C=O) groups excluding carboxylic acids is 1. The van der Waals surface area contributed by atoms with Gasteiger partial charge in [-0.25, -0.2) is 14.2 Å². The summed E-state index contributed by atoms with van der Waals surface area (Å²) in [5.41, 5.74) is 1.13. The van der Waals surface area contributed by atoms with Crippen molar-refractivity contribution >= 4 is 55.9 Å². The van der Waals surface area contributed by atoms with Crippen LogP contribution in [0.25, 0.3) is 10.2 Å². The molecule has 1 unspecified atom stereocenters. The molecule has 1 saturated heterocycles. The number of anilines is 1. The molecule has 7 nitrogen and oxygen atoms in total. The second-order valence-electron chi connectivity index (χ2n) is 8.19. The summed E-state index contributed by atoms with van der Waals surface area (Å²) >= 11 is 13.6. The molecule has 182 valence electrons. The Balaban J connectivity index is 1.34. The van der Waals surface area contributed by atoms with Crippen LogP contribution in [0.3, 0.4) is 0 Å². The highest BCUT2D eigenvalue weighted by Gasteiger charge is 2.19. The second-order valence-corrected chi connectivity index (χ2v) is 10.0. The first kappa shape index (κ1) is 24.9. The first-order valence-electron chi connectivity index (χ1n) is 11.0. The van der Waals surface area contributed by atoms with Crippen molar-refractivity contribution in [3.63, 3.8) is 0 Å². The normalized spacial score (nSPS) is 15.9. The van der Waals surface area contributed by atoms with Gasteiger partial charge in [0.05, 0.1) is 15.2 Å². The van der Waals surface area contributed by atoms with E-state index in [0.717, 1.165) is 42.9 Å². The van der Waals surface area contributed by atoms with E-state index in [0.29, 0.717) is 28.0 Å². The third kappa shape index (κ3) is 6.09. The van der Waals surface area contributed by atoms with Crippen molar-refractivity contribution in [1.29, 1.82) is 0 Å².